The molecule has 0 rings (SSSR count). The maximum Gasteiger partial charge on any atom is 0.214 e. The van der Waals surface area contributed by atoms with Crippen LogP contribution in [0.15, 0.2) is 5.16 Å². The van der Waals surface area contributed by atoms with E-state index >= 15 is 0 Å². The average Bonchev–Trinajstić information content (AvgIpc) is 2.21. The number of oxime groups is 1. The fraction of sp³-hybridized carbons (Fsp3) is 0.857. The normalized spacial score (nSPS) is 14.2. The van der Waals surface area contributed by atoms with Gasteiger partial charge >= 0.3 is 0 Å². The first kappa shape index (κ1) is 16.1. The summed E-state index contributed by atoms with van der Waals surface area (Å²) in [5.74, 6) is -0.989. The fourth-order valence-electron chi connectivity index (χ4n) is 0.874. The molecule has 0 aromatic carbocycles. The first-order valence-electron chi connectivity index (χ1n) is 4.66. The molecule has 0 radical (unpaired) electrons. The van der Waals surface area contributed by atoms with Crippen LogP contribution >= 0.6 is 0 Å². The van der Waals surface area contributed by atoms with Gasteiger partial charge in [0.05, 0.1) is 11.5 Å². The zero-order valence-electron chi connectivity index (χ0n) is 9.70. The molecular weight excluding hydrogens is 270 g/mol. The summed E-state index contributed by atoms with van der Waals surface area (Å²) in [5, 5.41) is 11.0. The van der Waals surface area contributed by atoms with Crippen LogP contribution in [0, 0.1) is 0 Å². The number of hydrogen-bond acceptors (Lipinski definition) is 6. The lowest BCUT2D eigenvalue weighted by Gasteiger charge is -2.16. The van der Waals surface area contributed by atoms with E-state index in [1.807, 2.05) is 0 Å². The van der Waals surface area contributed by atoms with Crippen molar-refractivity contribution in [3.63, 3.8) is 0 Å². The lowest BCUT2D eigenvalue weighted by molar-refractivity contribution is 0.316. The summed E-state index contributed by atoms with van der Waals surface area (Å²) in [7, 11) is -5.65. The highest BCUT2D eigenvalue weighted by atomic mass is 32.2. The largest absolute Gasteiger partial charge is 0.409 e. The molecule has 102 valence electrons. The minimum absolute atomic E-state index is 0.0298. The second-order valence-electron chi connectivity index (χ2n) is 3.61. The second-order valence-corrected chi connectivity index (χ2v) is 8.06. The van der Waals surface area contributed by atoms with Gasteiger partial charge in [0.15, 0.2) is 0 Å². The fourth-order valence-corrected chi connectivity index (χ4v) is 3.61. The molecule has 0 saturated heterocycles. The molecule has 8 nitrogen and oxygen atoms in total. The van der Waals surface area contributed by atoms with Crippen LogP contribution in [0.25, 0.3) is 0 Å². The number of nitrogens with two attached hydrogens (primary N) is 1. The van der Waals surface area contributed by atoms with Gasteiger partial charge in [0, 0.05) is 26.3 Å². The lowest BCUT2D eigenvalue weighted by atomic mass is 10.4. The lowest BCUT2D eigenvalue weighted by Crippen LogP contribution is -2.34. The monoisotopic (exact) mass is 287 g/mol. The Kier molecular flexibility index (Phi) is 5.85. The molecule has 0 aromatic heterocycles. The van der Waals surface area contributed by atoms with E-state index in [0.717, 1.165) is 10.6 Å². The Morgan fingerprint density at radius 2 is 1.82 bits per heavy atom. The quantitative estimate of drug-likeness (QED) is 0.252. The van der Waals surface area contributed by atoms with Crippen LogP contribution in [-0.4, -0.2) is 63.5 Å². The third-order valence-electron chi connectivity index (χ3n) is 2.00. The number of nitrogens with zero attached hydrogens (tertiary/aromatic N) is 2. The second kappa shape index (κ2) is 6.17. The molecule has 0 heterocycles. The highest BCUT2D eigenvalue weighted by molar-refractivity contribution is 7.93. The molecule has 0 unspecified atom stereocenters. The van der Waals surface area contributed by atoms with Gasteiger partial charge in [-0.1, -0.05) is 5.16 Å². The summed E-state index contributed by atoms with van der Waals surface area (Å²) in [6.45, 7) is 0.0298. The molecule has 0 aromatic rings. The molecule has 0 bridgehead atoms. The summed E-state index contributed by atoms with van der Waals surface area (Å²) < 4.78 is 45.9. The third-order valence-corrected chi connectivity index (χ3v) is 5.05. The molecule has 0 spiro atoms. The summed E-state index contributed by atoms with van der Waals surface area (Å²) in [6, 6.07) is 0. The maximum absolute atomic E-state index is 11.6. The van der Waals surface area contributed by atoms with Gasteiger partial charge in [-0.05, 0) is 0 Å². The van der Waals surface area contributed by atoms with E-state index in [0.29, 0.717) is 0 Å². The first-order chi connectivity index (χ1) is 7.58. The van der Waals surface area contributed by atoms with Crippen molar-refractivity contribution in [3.05, 3.63) is 0 Å². The molecule has 3 N–H and O–H groups in total. The van der Waals surface area contributed by atoms with Crippen molar-refractivity contribution in [1.29, 1.82) is 0 Å². The molecule has 0 aliphatic rings. The average molecular weight is 287 g/mol. The van der Waals surface area contributed by atoms with E-state index in [-0.39, 0.29) is 18.8 Å². The highest BCUT2D eigenvalue weighted by Crippen LogP contribution is 2.01. The molecule has 0 aliphatic carbocycles. The van der Waals surface area contributed by atoms with Gasteiger partial charge in [0.2, 0.25) is 10.0 Å². The van der Waals surface area contributed by atoms with E-state index in [1.54, 1.807) is 0 Å². The molecule has 10 heteroatoms. The SMILES string of the molecule is CN(CCC(N)=NO)S(=O)(=O)CCS(C)(=O)=O. The standard InChI is InChI=1S/C7H17N3O5S2/c1-10(4-3-7(8)9-11)17(14,15)6-5-16(2,12)13/h11H,3-6H2,1-2H3,(H2,8,9). The Morgan fingerprint density at radius 3 is 2.24 bits per heavy atom. The Labute approximate surface area is 101 Å². The van der Waals surface area contributed by atoms with Crippen molar-refractivity contribution < 1.29 is 22.0 Å². The van der Waals surface area contributed by atoms with Crippen molar-refractivity contribution in [1.82, 2.24) is 4.31 Å². The minimum atomic E-state index is -3.64. The third kappa shape index (κ3) is 7.13. The number of sulfone groups is 1. The van der Waals surface area contributed by atoms with E-state index in [4.69, 9.17) is 10.9 Å². The Morgan fingerprint density at radius 1 is 1.29 bits per heavy atom. The van der Waals surface area contributed by atoms with Crippen LogP contribution in [0.3, 0.4) is 0 Å². The maximum atomic E-state index is 11.6. The molecule has 0 fully saturated rings. The van der Waals surface area contributed by atoms with E-state index < -0.39 is 31.4 Å². The van der Waals surface area contributed by atoms with Gasteiger partial charge in [-0.15, -0.1) is 0 Å². The highest BCUT2D eigenvalue weighted by Gasteiger charge is 2.20. The smallest absolute Gasteiger partial charge is 0.214 e. The molecule has 0 saturated carbocycles. The Bertz CT molecular complexity index is 468. The van der Waals surface area contributed by atoms with Crippen LogP contribution in [0.1, 0.15) is 6.42 Å². The minimum Gasteiger partial charge on any atom is -0.409 e. The van der Waals surface area contributed by atoms with Crippen molar-refractivity contribution in [2.75, 3.05) is 31.4 Å². The summed E-state index contributed by atoms with van der Waals surface area (Å²) >= 11 is 0. The Hall–Kier alpha value is -0.870. The van der Waals surface area contributed by atoms with Gasteiger partial charge in [-0.3, -0.25) is 0 Å². The van der Waals surface area contributed by atoms with E-state index in [9.17, 15) is 16.8 Å². The van der Waals surface area contributed by atoms with Crippen molar-refractivity contribution in [3.8, 4) is 0 Å². The molecule has 0 amide bonds. The number of hydrogen-bond donors (Lipinski definition) is 2. The number of rotatable bonds is 7. The van der Waals surface area contributed by atoms with Gasteiger partial charge in [-0.25, -0.2) is 21.1 Å². The predicted molar refractivity (Wildman–Crippen MR) is 64.2 cm³/mol. The zero-order valence-corrected chi connectivity index (χ0v) is 11.3. The zero-order chi connectivity index (χ0) is 13.7. The number of amidine groups is 1. The van der Waals surface area contributed by atoms with E-state index in [2.05, 4.69) is 5.16 Å². The summed E-state index contributed by atoms with van der Waals surface area (Å²) in [6.07, 6.45) is 1.05. The Balaban J connectivity index is 4.41. The van der Waals surface area contributed by atoms with Crippen molar-refractivity contribution in [2.45, 2.75) is 6.42 Å². The van der Waals surface area contributed by atoms with Crippen LogP contribution in [-0.2, 0) is 19.9 Å². The van der Waals surface area contributed by atoms with Gasteiger partial charge in [-0.2, -0.15) is 0 Å². The summed E-state index contributed by atoms with van der Waals surface area (Å²) in [4.78, 5) is 0. The van der Waals surface area contributed by atoms with Gasteiger partial charge in [0.25, 0.3) is 0 Å². The molecular formula is C7H17N3O5S2. The van der Waals surface area contributed by atoms with Gasteiger partial charge in [0.1, 0.15) is 15.7 Å². The van der Waals surface area contributed by atoms with Crippen LogP contribution < -0.4 is 5.73 Å². The number of sulfonamides is 1. The van der Waals surface area contributed by atoms with Crippen molar-refractivity contribution in [2.24, 2.45) is 10.9 Å². The summed E-state index contributed by atoms with van der Waals surface area (Å²) in [5.41, 5.74) is 5.19. The topological polar surface area (TPSA) is 130 Å². The molecule has 0 atom stereocenters. The van der Waals surface area contributed by atoms with Crippen LogP contribution in [0.2, 0.25) is 0 Å². The first-order valence-corrected chi connectivity index (χ1v) is 8.33. The van der Waals surface area contributed by atoms with Crippen LogP contribution in [0.4, 0.5) is 0 Å². The van der Waals surface area contributed by atoms with Crippen molar-refractivity contribution >= 4 is 25.7 Å². The van der Waals surface area contributed by atoms with Gasteiger partial charge < -0.3 is 10.9 Å². The predicted octanol–water partition coefficient (Wildman–Crippen LogP) is -1.57. The molecule has 17 heavy (non-hydrogen) atoms. The van der Waals surface area contributed by atoms with E-state index in [1.165, 1.54) is 7.05 Å². The molecule has 0 aliphatic heterocycles. The van der Waals surface area contributed by atoms with Crippen LogP contribution in [0.5, 0.6) is 0 Å².